The van der Waals surface area contributed by atoms with Crippen molar-refractivity contribution in [2.45, 2.75) is 39.2 Å². The molecule has 22 heavy (non-hydrogen) atoms. The number of hydrogen-bond acceptors (Lipinski definition) is 4. The molecule has 1 aliphatic heterocycles. The summed E-state index contributed by atoms with van der Waals surface area (Å²) in [7, 11) is 0. The number of piperidine rings is 1. The summed E-state index contributed by atoms with van der Waals surface area (Å²) in [6, 6.07) is 3.60. The molecule has 0 spiro atoms. The number of rotatable bonds is 5. The van der Waals surface area contributed by atoms with Crippen LogP contribution in [0.2, 0.25) is 0 Å². The molecule has 120 valence electrons. The van der Waals surface area contributed by atoms with Gasteiger partial charge in [-0.25, -0.2) is 4.98 Å². The minimum Gasteiger partial charge on any atom is -0.491 e. The molecule has 0 aromatic carbocycles. The molecule has 5 nitrogen and oxygen atoms in total. The van der Waals surface area contributed by atoms with E-state index >= 15 is 0 Å². The van der Waals surface area contributed by atoms with E-state index in [0.717, 1.165) is 25.1 Å². The van der Waals surface area contributed by atoms with Crippen LogP contribution < -0.4 is 4.74 Å². The SMILES string of the molecule is CCCOc1ccc(C)nc1C(=O)N1CC2CC2CC1CO. The molecule has 0 bridgehead atoms. The maximum absolute atomic E-state index is 12.9. The number of hydrogen-bond donors (Lipinski definition) is 1. The van der Waals surface area contributed by atoms with Crippen LogP contribution in [-0.2, 0) is 0 Å². The molecule has 5 heteroatoms. The summed E-state index contributed by atoms with van der Waals surface area (Å²) >= 11 is 0. The van der Waals surface area contributed by atoms with Gasteiger partial charge < -0.3 is 14.7 Å². The van der Waals surface area contributed by atoms with Crippen molar-refractivity contribution in [3.8, 4) is 5.75 Å². The zero-order valence-electron chi connectivity index (χ0n) is 13.3. The quantitative estimate of drug-likeness (QED) is 0.904. The molecule has 3 unspecified atom stereocenters. The first-order chi connectivity index (χ1) is 10.6. The van der Waals surface area contributed by atoms with Crippen LogP contribution in [0.5, 0.6) is 5.75 Å². The van der Waals surface area contributed by atoms with Crippen LogP contribution in [0.15, 0.2) is 12.1 Å². The summed E-state index contributed by atoms with van der Waals surface area (Å²) in [5.74, 6) is 1.74. The van der Waals surface area contributed by atoms with Gasteiger partial charge in [0.25, 0.3) is 5.91 Å². The number of amides is 1. The highest BCUT2D eigenvalue weighted by Gasteiger charge is 2.47. The Balaban J connectivity index is 1.85. The number of pyridine rings is 1. The molecule has 1 aromatic rings. The van der Waals surface area contributed by atoms with Gasteiger partial charge in [-0.1, -0.05) is 6.92 Å². The number of aromatic nitrogens is 1. The maximum atomic E-state index is 12.9. The molecule has 2 heterocycles. The first-order valence-electron chi connectivity index (χ1n) is 8.16. The average molecular weight is 304 g/mol. The van der Waals surface area contributed by atoms with Crippen molar-refractivity contribution >= 4 is 5.91 Å². The molecule has 1 N–H and O–H groups in total. The normalized spacial score (nSPS) is 26.5. The van der Waals surface area contributed by atoms with E-state index in [-0.39, 0.29) is 18.6 Å². The number of fused-ring (bicyclic) bond motifs is 1. The van der Waals surface area contributed by atoms with Gasteiger partial charge in [0.05, 0.1) is 19.3 Å². The van der Waals surface area contributed by atoms with E-state index in [9.17, 15) is 9.90 Å². The fourth-order valence-electron chi connectivity index (χ4n) is 3.28. The van der Waals surface area contributed by atoms with Crippen molar-refractivity contribution in [2.24, 2.45) is 11.8 Å². The van der Waals surface area contributed by atoms with Gasteiger partial charge in [-0.15, -0.1) is 0 Å². The lowest BCUT2D eigenvalue weighted by Gasteiger charge is -2.34. The van der Waals surface area contributed by atoms with E-state index in [1.807, 2.05) is 26.0 Å². The van der Waals surface area contributed by atoms with Crippen LogP contribution in [0.25, 0.3) is 0 Å². The van der Waals surface area contributed by atoms with Gasteiger partial charge >= 0.3 is 0 Å². The summed E-state index contributed by atoms with van der Waals surface area (Å²) < 4.78 is 5.69. The highest BCUT2D eigenvalue weighted by Crippen LogP contribution is 2.47. The Morgan fingerprint density at radius 2 is 2.23 bits per heavy atom. The van der Waals surface area contributed by atoms with E-state index in [0.29, 0.717) is 29.9 Å². The minimum absolute atomic E-state index is 0.0198. The zero-order chi connectivity index (χ0) is 15.7. The summed E-state index contributed by atoms with van der Waals surface area (Å²) in [4.78, 5) is 19.2. The van der Waals surface area contributed by atoms with Gasteiger partial charge in [-0.2, -0.15) is 0 Å². The smallest absolute Gasteiger partial charge is 0.276 e. The van der Waals surface area contributed by atoms with E-state index in [2.05, 4.69) is 4.98 Å². The highest BCUT2D eigenvalue weighted by molar-refractivity contribution is 5.95. The van der Waals surface area contributed by atoms with Crippen molar-refractivity contribution < 1.29 is 14.6 Å². The topological polar surface area (TPSA) is 62.7 Å². The summed E-state index contributed by atoms with van der Waals surface area (Å²) in [6.07, 6.45) is 2.97. The van der Waals surface area contributed by atoms with Crippen molar-refractivity contribution in [1.29, 1.82) is 0 Å². The molecule has 3 atom stereocenters. The number of nitrogens with zero attached hydrogens (tertiary/aromatic N) is 2. The van der Waals surface area contributed by atoms with Crippen LogP contribution in [0.3, 0.4) is 0 Å². The van der Waals surface area contributed by atoms with E-state index in [1.165, 1.54) is 6.42 Å². The lowest BCUT2D eigenvalue weighted by atomic mass is 10.0. The molecule has 2 fully saturated rings. The number of ether oxygens (including phenoxy) is 1. The Hall–Kier alpha value is -1.62. The van der Waals surface area contributed by atoms with Crippen molar-refractivity contribution in [3.63, 3.8) is 0 Å². The number of likely N-dealkylation sites (tertiary alicyclic amines) is 1. The highest BCUT2D eigenvalue weighted by atomic mass is 16.5. The predicted molar refractivity (Wildman–Crippen MR) is 82.9 cm³/mol. The van der Waals surface area contributed by atoms with E-state index in [4.69, 9.17) is 4.74 Å². The second-order valence-electron chi connectivity index (χ2n) is 6.43. The number of aliphatic hydroxyl groups is 1. The molecule has 1 aromatic heterocycles. The number of carbonyl (C=O) groups is 1. The van der Waals surface area contributed by atoms with E-state index in [1.54, 1.807) is 4.90 Å². The monoisotopic (exact) mass is 304 g/mol. The van der Waals surface area contributed by atoms with Crippen LogP contribution in [0.4, 0.5) is 0 Å². The molecule has 1 aliphatic carbocycles. The van der Waals surface area contributed by atoms with Gasteiger partial charge in [0.1, 0.15) is 0 Å². The minimum atomic E-state index is -0.112. The Bertz CT molecular complexity index is 561. The van der Waals surface area contributed by atoms with Crippen molar-refractivity contribution in [1.82, 2.24) is 9.88 Å². The molecule has 0 radical (unpaired) electrons. The summed E-state index contributed by atoms with van der Waals surface area (Å²) in [5, 5.41) is 9.61. The van der Waals surface area contributed by atoms with Crippen molar-refractivity contribution in [2.75, 3.05) is 19.8 Å². The molecular formula is C17H24N2O3. The molecule has 1 saturated heterocycles. The Kier molecular flexibility index (Phi) is 4.34. The molecule has 3 rings (SSSR count). The number of aryl methyl sites for hydroxylation is 1. The van der Waals surface area contributed by atoms with Gasteiger partial charge in [-0.3, -0.25) is 4.79 Å². The second-order valence-corrected chi connectivity index (χ2v) is 6.43. The van der Waals surface area contributed by atoms with Crippen LogP contribution in [0.1, 0.15) is 42.4 Å². The van der Waals surface area contributed by atoms with Crippen LogP contribution in [-0.4, -0.2) is 46.7 Å². The fraction of sp³-hybridized carbons (Fsp3) is 0.647. The Morgan fingerprint density at radius 3 is 2.95 bits per heavy atom. The first-order valence-corrected chi connectivity index (χ1v) is 8.16. The summed E-state index contributed by atoms with van der Waals surface area (Å²) in [6.45, 7) is 5.22. The number of carbonyl (C=O) groups excluding carboxylic acids is 1. The average Bonchev–Trinajstić information content (AvgIpc) is 3.30. The van der Waals surface area contributed by atoms with Crippen LogP contribution >= 0.6 is 0 Å². The lowest BCUT2D eigenvalue weighted by molar-refractivity contribution is 0.0476. The first kappa shape index (κ1) is 15.3. The third-order valence-electron chi connectivity index (χ3n) is 4.65. The van der Waals surface area contributed by atoms with Gasteiger partial charge in [0, 0.05) is 12.2 Å². The third-order valence-corrected chi connectivity index (χ3v) is 4.65. The molecule has 1 saturated carbocycles. The third kappa shape index (κ3) is 2.95. The maximum Gasteiger partial charge on any atom is 0.276 e. The van der Waals surface area contributed by atoms with Gasteiger partial charge in [0.2, 0.25) is 0 Å². The lowest BCUT2D eigenvalue weighted by Crippen LogP contribution is -2.47. The van der Waals surface area contributed by atoms with Crippen molar-refractivity contribution in [3.05, 3.63) is 23.5 Å². The van der Waals surface area contributed by atoms with E-state index < -0.39 is 0 Å². The van der Waals surface area contributed by atoms with Crippen LogP contribution in [0, 0.1) is 18.8 Å². The number of aliphatic hydroxyl groups excluding tert-OH is 1. The largest absolute Gasteiger partial charge is 0.491 e. The fourth-order valence-corrected chi connectivity index (χ4v) is 3.28. The predicted octanol–water partition coefficient (Wildman–Crippen LogP) is 2.02. The van der Waals surface area contributed by atoms with Gasteiger partial charge in [0.15, 0.2) is 11.4 Å². The van der Waals surface area contributed by atoms with Gasteiger partial charge in [-0.05, 0) is 50.2 Å². The standard InChI is InChI=1S/C17H24N2O3/c1-3-6-22-15-5-4-11(2)18-16(15)17(21)19-9-13-7-12(13)8-14(19)10-20/h4-5,12-14,20H,3,6-10H2,1-2H3. The summed E-state index contributed by atoms with van der Waals surface area (Å²) in [5.41, 5.74) is 1.18. The Labute approximate surface area is 131 Å². The zero-order valence-corrected chi connectivity index (χ0v) is 13.3. The molecule has 2 aliphatic rings. The second kappa shape index (κ2) is 6.24. The molecular weight excluding hydrogens is 280 g/mol. The molecule has 1 amide bonds. The Morgan fingerprint density at radius 1 is 1.41 bits per heavy atom.